The van der Waals surface area contributed by atoms with Gasteiger partial charge in [-0.1, -0.05) is 11.6 Å². The normalized spacial score (nSPS) is 21.7. The van der Waals surface area contributed by atoms with Crippen molar-refractivity contribution in [3.8, 4) is 0 Å². The fraction of sp³-hybridized carbons (Fsp3) is 0.462. The lowest BCUT2D eigenvalue weighted by molar-refractivity contribution is -0.385. The van der Waals surface area contributed by atoms with Gasteiger partial charge < -0.3 is 10.1 Å². The topological polar surface area (TPSA) is 81.5 Å². The van der Waals surface area contributed by atoms with Crippen molar-refractivity contribution in [1.29, 1.82) is 0 Å². The van der Waals surface area contributed by atoms with Crippen molar-refractivity contribution in [2.24, 2.45) is 0 Å². The van der Waals surface area contributed by atoms with E-state index < -0.39 is 10.8 Å². The highest BCUT2D eigenvalue weighted by Gasteiger charge is 2.28. The number of hydrogen-bond acceptors (Lipinski definition) is 4. The molecule has 0 bridgehead atoms. The Kier molecular flexibility index (Phi) is 4.57. The van der Waals surface area contributed by atoms with Crippen molar-refractivity contribution in [2.75, 3.05) is 7.11 Å². The van der Waals surface area contributed by atoms with Crippen LogP contribution in [0.3, 0.4) is 0 Å². The molecule has 2 unspecified atom stereocenters. The molecule has 0 saturated heterocycles. The van der Waals surface area contributed by atoms with Gasteiger partial charge in [0.15, 0.2) is 0 Å². The van der Waals surface area contributed by atoms with Crippen LogP contribution in [0.25, 0.3) is 0 Å². The lowest BCUT2D eigenvalue weighted by atomic mass is 10.1. The Labute approximate surface area is 121 Å². The highest BCUT2D eigenvalue weighted by molar-refractivity contribution is 6.31. The third-order valence-electron chi connectivity index (χ3n) is 3.45. The summed E-state index contributed by atoms with van der Waals surface area (Å²) in [6.07, 6.45) is 2.53. The molecule has 0 radical (unpaired) electrons. The van der Waals surface area contributed by atoms with E-state index in [1.54, 1.807) is 7.11 Å². The van der Waals surface area contributed by atoms with Crippen LogP contribution in [0.4, 0.5) is 5.69 Å². The number of ether oxygens (including phenoxy) is 1. The van der Waals surface area contributed by atoms with E-state index in [1.807, 2.05) is 0 Å². The highest BCUT2D eigenvalue weighted by atomic mass is 35.5. The first-order chi connectivity index (χ1) is 9.51. The molecule has 1 amide bonds. The van der Waals surface area contributed by atoms with Crippen LogP contribution in [0.5, 0.6) is 0 Å². The fourth-order valence-electron chi connectivity index (χ4n) is 2.40. The first-order valence-electron chi connectivity index (χ1n) is 6.29. The molecule has 2 atom stereocenters. The number of carbonyl (C=O) groups is 1. The van der Waals surface area contributed by atoms with E-state index in [2.05, 4.69) is 5.32 Å². The van der Waals surface area contributed by atoms with Gasteiger partial charge in [-0.2, -0.15) is 0 Å². The van der Waals surface area contributed by atoms with Crippen LogP contribution in [-0.2, 0) is 4.74 Å². The van der Waals surface area contributed by atoms with Crippen molar-refractivity contribution >= 4 is 23.2 Å². The molecule has 2 rings (SSSR count). The van der Waals surface area contributed by atoms with Crippen LogP contribution in [0.2, 0.25) is 5.02 Å². The van der Waals surface area contributed by atoms with Crippen LogP contribution in [0.15, 0.2) is 18.2 Å². The quantitative estimate of drug-likeness (QED) is 0.684. The van der Waals surface area contributed by atoms with Crippen LogP contribution < -0.4 is 5.32 Å². The number of nitro benzene ring substituents is 1. The number of rotatable bonds is 4. The van der Waals surface area contributed by atoms with E-state index in [1.165, 1.54) is 18.2 Å². The Morgan fingerprint density at radius 3 is 2.85 bits per heavy atom. The second kappa shape index (κ2) is 6.19. The van der Waals surface area contributed by atoms with Gasteiger partial charge in [-0.25, -0.2) is 0 Å². The third kappa shape index (κ3) is 3.26. The maximum atomic E-state index is 12.2. The molecule has 0 aromatic heterocycles. The number of nitrogens with zero attached hydrogens (tertiary/aromatic N) is 1. The van der Waals surface area contributed by atoms with Crippen molar-refractivity contribution < 1.29 is 14.5 Å². The van der Waals surface area contributed by atoms with Gasteiger partial charge in [-0.05, 0) is 31.4 Å². The second-order valence-electron chi connectivity index (χ2n) is 4.76. The minimum atomic E-state index is -0.585. The lowest BCUT2D eigenvalue weighted by Crippen LogP contribution is -2.33. The average Bonchev–Trinajstić information content (AvgIpc) is 2.85. The van der Waals surface area contributed by atoms with Crippen LogP contribution in [-0.4, -0.2) is 30.1 Å². The molecule has 1 saturated carbocycles. The number of carbonyl (C=O) groups excluding carboxylic acids is 1. The Morgan fingerprint density at radius 1 is 1.50 bits per heavy atom. The van der Waals surface area contributed by atoms with Gasteiger partial charge in [-0.15, -0.1) is 0 Å². The first-order valence-corrected chi connectivity index (χ1v) is 6.66. The van der Waals surface area contributed by atoms with Gasteiger partial charge >= 0.3 is 0 Å². The molecule has 1 aliphatic rings. The van der Waals surface area contributed by atoms with Gasteiger partial charge in [0.25, 0.3) is 11.6 Å². The maximum Gasteiger partial charge on any atom is 0.282 e. The zero-order valence-electron chi connectivity index (χ0n) is 11.0. The number of benzene rings is 1. The van der Waals surface area contributed by atoms with E-state index >= 15 is 0 Å². The van der Waals surface area contributed by atoms with E-state index in [9.17, 15) is 14.9 Å². The minimum Gasteiger partial charge on any atom is -0.381 e. The molecule has 20 heavy (non-hydrogen) atoms. The van der Waals surface area contributed by atoms with Gasteiger partial charge in [0.2, 0.25) is 0 Å². The molecule has 1 aliphatic carbocycles. The number of nitrogens with one attached hydrogen (secondary N) is 1. The van der Waals surface area contributed by atoms with E-state index in [-0.39, 0.29) is 23.4 Å². The smallest absolute Gasteiger partial charge is 0.282 e. The maximum absolute atomic E-state index is 12.2. The zero-order valence-corrected chi connectivity index (χ0v) is 11.7. The Hall–Kier alpha value is -1.66. The summed E-state index contributed by atoms with van der Waals surface area (Å²) in [6.45, 7) is 0. The number of hydrogen-bond donors (Lipinski definition) is 1. The molecule has 1 fully saturated rings. The summed E-state index contributed by atoms with van der Waals surface area (Å²) in [5.41, 5.74) is -0.253. The van der Waals surface area contributed by atoms with Gasteiger partial charge in [-0.3, -0.25) is 14.9 Å². The molecule has 1 aromatic rings. The van der Waals surface area contributed by atoms with E-state index in [0.29, 0.717) is 5.02 Å². The number of methoxy groups -OCH3 is 1. The number of halogens is 1. The zero-order chi connectivity index (χ0) is 14.7. The van der Waals surface area contributed by atoms with E-state index in [4.69, 9.17) is 16.3 Å². The fourth-order valence-corrected chi connectivity index (χ4v) is 2.57. The molecule has 7 heteroatoms. The SMILES string of the molecule is COC1CCC(NC(=O)c2cc(Cl)ccc2[N+](=O)[O-])C1. The highest BCUT2D eigenvalue weighted by Crippen LogP contribution is 2.25. The monoisotopic (exact) mass is 298 g/mol. The molecule has 108 valence electrons. The largest absolute Gasteiger partial charge is 0.381 e. The van der Waals surface area contributed by atoms with E-state index in [0.717, 1.165) is 19.3 Å². The first kappa shape index (κ1) is 14.7. The molecule has 1 N–H and O–H groups in total. The Morgan fingerprint density at radius 2 is 2.25 bits per heavy atom. The van der Waals surface area contributed by atoms with Crippen molar-refractivity contribution in [1.82, 2.24) is 5.32 Å². The summed E-state index contributed by atoms with van der Waals surface area (Å²) in [7, 11) is 1.64. The van der Waals surface area contributed by atoms with Crippen molar-refractivity contribution in [3.63, 3.8) is 0 Å². The summed E-state index contributed by atoms with van der Waals surface area (Å²) >= 11 is 5.81. The molecule has 0 heterocycles. The summed E-state index contributed by atoms with van der Waals surface area (Å²) in [5.74, 6) is -0.471. The number of amides is 1. The molecule has 1 aromatic carbocycles. The van der Waals surface area contributed by atoms with Crippen LogP contribution in [0, 0.1) is 10.1 Å². The molecule has 0 spiro atoms. The standard InChI is InChI=1S/C13H15ClN2O4/c1-20-10-4-3-9(7-10)15-13(17)11-6-8(14)2-5-12(11)16(18)19/h2,5-6,9-10H,3-4,7H2,1H3,(H,15,17). The van der Waals surface area contributed by atoms with Gasteiger partial charge in [0.1, 0.15) is 5.56 Å². The summed E-state index contributed by atoms with van der Waals surface area (Å²) in [6, 6.07) is 3.93. The van der Waals surface area contributed by atoms with Gasteiger partial charge in [0.05, 0.1) is 11.0 Å². The molecule has 6 nitrogen and oxygen atoms in total. The lowest BCUT2D eigenvalue weighted by Gasteiger charge is -2.13. The predicted molar refractivity (Wildman–Crippen MR) is 74.0 cm³/mol. The second-order valence-corrected chi connectivity index (χ2v) is 5.20. The Bertz CT molecular complexity index is 535. The summed E-state index contributed by atoms with van der Waals surface area (Å²) in [5, 5.41) is 14.0. The van der Waals surface area contributed by atoms with Crippen LogP contribution >= 0.6 is 11.6 Å². The molecule has 0 aliphatic heterocycles. The average molecular weight is 299 g/mol. The number of nitro groups is 1. The Balaban J connectivity index is 2.13. The third-order valence-corrected chi connectivity index (χ3v) is 3.69. The molecular weight excluding hydrogens is 284 g/mol. The van der Waals surface area contributed by atoms with Crippen molar-refractivity contribution in [3.05, 3.63) is 38.9 Å². The molecular formula is C13H15ClN2O4. The predicted octanol–water partition coefficient (Wildman–Crippen LogP) is 2.55. The summed E-state index contributed by atoms with van der Waals surface area (Å²) < 4.78 is 5.23. The summed E-state index contributed by atoms with van der Waals surface area (Å²) in [4.78, 5) is 22.5. The van der Waals surface area contributed by atoms with Crippen LogP contribution in [0.1, 0.15) is 29.6 Å². The van der Waals surface area contributed by atoms with Crippen molar-refractivity contribution in [2.45, 2.75) is 31.4 Å². The van der Waals surface area contributed by atoms with Gasteiger partial charge in [0, 0.05) is 24.2 Å². The minimum absolute atomic E-state index is 0.0108.